The summed E-state index contributed by atoms with van der Waals surface area (Å²) in [5, 5.41) is 2.06. The number of hydrogen-bond acceptors (Lipinski definition) is 4. The molecular weight excluding hydrogens is 406 g/mol. The second kappa shape index (κ2) is 8.89. The van der Waals surface area contributed by atoms with Crippen molar-refractivity contribution in [2.24, 2.45) is 0 Å². The average molecular weight is 438 g/mol. The van der Waals surface area contributed by atoms with Gasteiger partial charge in [-0.1, -0.05) is 81.4 Å². The molecule has 1 fully saturated rings. The molecule has 0 spiro atoms. The minimum Gasteiger partial charge on any atom is -0.405 e. The fourth-order valence-electron chi connectivity index (χ4n) is 4.79. The van der Waals surface area contributed by atoms with E-state index in [0.29, 0.717) is 0 Å². The normalized spacial score (nSPS) is 19.5. The van der Waals surface area contributed by atoms with Crippen LogP contribution in [0.3, 0.4) is 0 Å². The van der Waals surface area contributed by atoms with Gasteiger partial charge in [0.2, 0.25) is 5.91 Å². The molecule has 164 valence electrons. The van der Waals surface area contributed by atoms with Gasteiger partial charge >= 0.3 is 0 Å². The molecule has 31 heavy (non-hydrogen) atoms. The third-order valence-corrected chi connectivity index (χ3v) is 11.1. The topological polar surface area (TPSA) is 63.7 Å². The molecule has 3 rings (SSSR count). The molecule has 0 radical (unpaired) electrons. The summed E-state index contributed by atoms with van der Waals surface area (Å²) >= 11 is 0. The van der Waals surface area contributed by atoms with E-state index >= 15 is 0 Å². The van der Waals surface area contributed by atoms with Crippen molar-refractivity contribution in [1.82, 2.24) is 4.90 Å². The Morgan fingerprint density at radius 1 is 0.968 bits per heavy atom. The minimum absolute atomic E-state index is 0.141. The molecule has 1 aliphatic heterocycles. The lowest BCUT2D eigenvalue weighted by Gasteiger charge is -2.44. The average Bonchev–Trinajstić information content (AvgIpc) is 3.06. The van der Waals surface area contributed by atoms with Crippen LogP contribution < -0.4 is 10.4 Å². The molecule has 2 aromatic carbocycles. The van der Waals surface area contributed by atoms with E-state index in [9.17, 15) is 14.4 Å². The minimum atomic E-state index is -2.79. The molecule has 2 aromatic rings. The van der Waals surface area contributed by atoms with Gasteiger partial charge in [0, 0.05) is 13.3 Å². The standard InChI is InChI=1S/C25H31NO4Si/c1-18(27)24-23(29)16-20(26(24)19(2)28)17-30-31(25(3,4)5,21-12-8-6-9-13-21)22-14-10-7-11-15-22/h6-15,20,24H,16-17H2,1-5H3/t20-,24?/m0/s1. The molecule has 0 aliphatic carbocycles. The molecule has 1 heterocycles. The maximum absolute atomic E-state index is 12.5. The van der Waals surface area contributed by atoms with Gasteiger partial charge in [-0.2, -0.15) is 0 Å². The number of ketones is 2. The van der Waals surface area contributed by atoms with Crippen molar-refractivity contribution in [2.45, 2.75) is 58.2 Å². The summed E-state index contributed by atoms with van der Waals surface area (Å²) in [5.41, 5.74) is 0. The zero-order valence-corrected chi connectivity index (χ0v) is 19.9. The highest BCUT2D eigenvalue weighted by molar-refractivity contribution is 6.99. The van der Waals surface area contributed by atoms with E-state index in [4.69, 9.17) is 4.43 Å². The number of carbonyl (C=O) groups is 3. The first-order valence-corrected chi connectivity index (χ1v) is 12.6. The Bertz CT molecular complexity index is 913. The van der Waals surface area contributed by atoms with Crippen LogP contribution in [0.5, 0.6) is 0 Å². The summed E-state index contributed by atoms with van der Waals surface area (Å²) in [6.45, 7) is 9.52. The van der Waals surface area contributed by atoms with Crippen molar-refractivity contribution < 1.29 is 18.8 Å². The smallest absolute Gasteiger partial charge is 0.261 e. The summed E-state index contributed by atoms with van der Waals surface area (Å²) in [7, 11) is -2.79. The summed E-state index contributed by atoms with van der Waals surface area (Å²) in [4.78, 5) is 38.4. The summed E-state index contributed by atoms with van der Waals surface area (Å²) in [6, 6.07) is 19.0. The summed E-state index contributed by atoms with van der Waals surface area (Å²) in [5.74, 6) is -0.783. The van der Waals surface area contributed by atoms with Gasteiger partial charge < -0.3 is 9.33 Å². The zero-order chi connectivity index (χ0) is 22.8. The zero-order valence-electron chi connectivity index (χ0n) is 18.9. The van der Waals surface area contributed by atoms with E-state index in [1.807, 2.05) is 36.4 Å². The first-order chi connectivity index (χ1) is 14.6. The maximum Gasteiger partial charge on any atom is 0.261 e. The Kier molecular flexibility index (Phi) is 6.62. The summed E-state index contributed by atoms with van der Waals surface area (Å²) < 4.78 is 6.89. The Balaban J connectivity index is 2.05. The van der Waals surface area contributed by atoms with Crippen LogP contribution in [0.15, 0.2) is 60.7 Å². The van der Waals surface area contributed by atoms with Crippen LogP contribution in [0.2, 0.25) is 5.04 Å². The Hall–Kier alpha value is -2.57. The van der Waals surface area contributed by atoms with E-state index in [0.717, 1.165) is 10.4 Å². The molecule has 0 aromatic heterocycles. The van der Waals surface area contributed by atoms with Crippen LogP contribution in [-0.4, -0.2) is 49.4 Å². The number of rotatable bonds is 6. The molecule has 5 nitrogen and oxygen atoms in total. The van der Waals surface area contributed by atoms with Crippen LogP contribution in [0, 0.1) is 0 Å². The van der Waals surface area contributed by atoms with Crippen molar-refractivity contribution in [2.75, 3.05) is 6.61 Å². The number of nitrogens with zero attached hydrogens (tertiary/aromatic N) is 1. The SMILES string of the molecule is CC(=O)C1C(=O)C[C@@H](CO[Si](c2ccccc2)(c2ccccc2)C(C)(C)C)N1C(C)=O. The molecule has 1 aliphatic rings. The number of amides is 1. The molecule has 1 amide bonds. The first-order valence-electron chi connectivity index (χ1n) is 10.7. The van der Waals surface area contributed by atoms with Gasteiger partial charge in [0.05, 0.1) is 12.6 Å². The van der Waals surface area contributed by atoms with Crippen LogP contribution in [-0.2, 0) is 18.8 Å². The van der Waals surface area contributed by atoms with Crippen LogP contribution in [0.1, 0.15) is 41.0 Å². The van der Waals surface area contributed by atoms with Crippen molar-refractivity contribution in [3.05, 3.63) is 60.7 Å². The molecule has 0 saturated carbocycles. The molecule has 2 atom stereocenters. The predicted octanol–water partition coefficient (Wildman–Crippen LogP) is 2.71. The van der Waals surface area contributed by atoms with Gasteiger partial charge in [0.25, 0.3) is 8.32 Å². The number of carbonyl (C=O) groups excluding carboxylic acids is 3. The fourth-order valence-corrected chi connectivity index (χ4v) is 9.39. The van der Waals surface area contributed by atoms with E-state index in [2.05, 4.69) is 45.0 Å². The Morgan fingerprint density at radius 2 is 1.45 bits per heavy atom. The van der Waals surface area contributed by atoms with E-state index in [-0.39, 0.29) is 35.5 Å². The molecule has 6 heteroatoms. The predicted molar refractivity (Wildman–Crippen MR) is 124 cm³/mol. The second-order valence-corrected chi connectivity index (χ2v) is 13.5. The highest BCUT2D eigenvalue weighted by Gasteiger charge is 2.52. The van der Waals surface area contributed by atoms with E-state index in [1.54, 1.807) is 0 Å². The first kappa shape index (κ1) is 23.1. The quantitative estimate of drug-likeness (QED) is 0.515. The van der Waals surface area contributed by atoms with Crippen molar-refractivity contribution in [1.29, 1.82) is 0 Å². The van der Waals surface area contributed by atoms with E-state index in [1.165, 1.54) is 18.7 Å². The number of benzene rings is 2. The highest BCUT2D eigenvalue weighted by atomic mass is 28.4. The van der Waals surface area contributed by atoms with Crippen molar-refractivity contribution in [3.63, 3.8) is 0 Å². The third kappa shape index (κ3) is 4.27. The van der Waals surface area contributed by atoms with Gasteiger partial charge in [0.1, 0.15) is 6.04 Å². The molecular formula is C25H31NO4Si. The van der Waals surface area contributed by atoms with Crippen molar-refractivity contribution in [3.8, 4) is 0 Å². The van der Waals surface area contributed by atoms with Gasteiger partial charge in [-0.25, -0.2) is 0 Å². The van der Waals surface area contributed by atoms with Gasteiger partial charge in [-0.05, 0) is 22.3 Å². The maximum atomic E-state index is 12.5. The van der Waals surface area contributed by atoms with Crippen molar-refractivity contribution >= 4 is 36.2 Å². The Morgan fingerprint density at radius 3 is 1.84 bits per heavy atom. The number of Topliss-reactive ketones (excluding diaryl/α,β-unsaturated/α-hetero) is 2. The number of hydrogen-bond donors (Lipinski definition) is 0. The van der Waals surface area contributed by atoms with Gasteiger partial charge in [-0.3, -0.25) is 14.4 Å². The van der Waals surface area contributed by atoms with Crippen LogP contribution in [0.4, 0.5) is 0 Å². The third-order valence-electron chi connectivity index (χ3n) is 6.07. The highest BCUT2D eigenvalue weighted by Crippen LogP contribution is 2.37. The lowest BCUT2D eigenvalue weighted by atomic mass is 10.1. The Labute approximate surface area is 185 Å². The van der Waals surface area contributed by atoms with Crippen LogP contribution >= 0.6 is 0 Å². The molecule has 1 unspecified atom stereocenters. The molecule has 0 bridgehead atoms. The molecule has 0 N–H and O–H groups in total. The van der Waals surface area contributed by atoms with Crippen LogP contribution in [0.25, 0.3) is 0 Å². The fraction of sp³-hybridized carbons (Fsp3) is 0.400. The van der Waals surface area contributed by atoms with E-state index < -0.39 is 20.4 Å². The second-order valence-electron chi connectivity index (χ2n) is 9.24. The summed E-state index contributed by atoms with van der Waals surface area (Å²) in [6.07, 6.45) is 0.141. The van der Waals surface area contributed by atoms with Gasteiger partial charge in [0.15, 0.2) is 11.6 Å². The lowest BCUT2D eigenvalue weighted by molar-refractivity contribution is -0.140. The largest absolute Gasteiger partial charge is 0.405 e. The molecule has 1 saturated heterocycles. The lowest BCUT2D eigenvalue weighted by Crippen LogP contribution is -2.67. The monoisotopic (exact) mass is 437 g/mol. The number of likely N-dealkylation sites (tertiary alicyclic amines) is 1. The van der Waals surface area contributed by atoms with Gasteiger partial charge in [-0.15, -0.1) is 0 Å².